The van der Waals surface area contributed by atoms with E-state index in [0.29, 0.717) is 0 Å². The number of benzene rings is 1. The van der Waals surface area contributed by atoms with Crippen molar-refractivity contribution in [1.29, 1.82) is 0 Å². The van der Waals surface area contributed by atoms with E-state index in [-0.39, 0.29) is 0 Å². The van der Waals surface area contributed by atoms with E-state index in [1.54, 1.807) is 12.4 Å². The number of hydrogen-bond acceptors (Lipinski definition) is 1. The van der Waals surface area contributed by atoms with Gasteiger partial charge in [0.15, 0.2) is 0 Å². The van der Waals surface area contributed by atoms with Gasteiger partial charge in [-0.15, -0.1) is 0 Å². The van der Waals surface area contributed by atoms with Crippen molar-refractivity contribution >= 4 is 0 Å². The summed E-state index contributed by atoms with van der Waals surface area (Å²) in [6.45, 7) is 0. The SMILES string of the molecule is Cn1ccc(-c2ccccc2)c1.c1ccncc1. The lowest BCUT2D eigenvalue weighted by molar-refractivity contribution is 0.928. The van der Waals surface area contributed by atoms with Gasteiger partial charge in [0, 0.05) is 31.8 Å². The van der Waals surface area contributed by atoms with E-state index in [4.69, 9.17) is 0 Å². The molecule has 0 aliphatic rings. The Bertz CT molecular complexity index is 529. The lowest BCUT2D eigenvalue weighted by atomic mass is 10.1. The lowest BCUT2D eigenvalue weighted by Crippen LogP contribution is -1.78. The second-order valence-corrected chi connectivity index (χ2v) is 3.96. The van der Waals surface area contributed by atoms with Crippen LogP contribution < -0.4 is 0 Å². The van der Waals surface area contributed by atoms with Gasteiger partial charge in [0.1, 0.15) is 0 Å². The Labute approximate surface area is 108 Å². The van der Waals surface area contributed by atoms with Gasteiger partial charge in [0.25, 0.3) is 0 Å². The molecule has 90 valence electrons. The molecule has 0 N–H and O–H groups in total. The fourth-order valence-corrected chi connectivity index (χ4v) is 1.62. The molecule has 3 rings (SSSR count). The van der Waals surface area contributed by atoms with Crippen molar-refractivity contribution in [1.82, 2.24) is 9.55 Å². The number of rotatable bonds is 1. The third-order valence-corrected chi connectivity index (χ3v) is 2.51. The zero-order valence-electron chi connectivity index (χ0n) is 10.4. The average Bonchev–Trinajstić information content (AvgIpc) is 2.89. The highest BCUT2D eigenvalue weighted by Gasteiger charge is 1.95. The average molecular weight is 236 g/mol. The summed E-state index contributed by atoms with van der Waals surface area (Å²) in [5, 5.41) is 0. The van der Waals surface area contributed by atoms with Gasteiger partial charge < -0.3 is 4.57 Å². The van der Waals surface area contributed by atoms with Crippen LogP contribution in [0.2, 0.25) is 0 Å². The highest BCUT2D eigenvalue weighted by Crippen LogP contribution is 2.17. The third-order valence-electron chi connectivity index (χ3n) is 2.51. The molecule has 2 heterocycles. The van der Waals surface area contributed by atoms with Gasteiger partial charge in [0.2, 0.25) is 0 Å². The first kappa shape index (κ1) is 12.1. The number of nitrogens with zero attached hydrogens (tertiary/aromatic N) is 2. The Kier molecular flexibility index (Phi) is 4.31. The van der Waals surface area contributed by atoms with Crippen LogP contribution in [0.25, 0.3) is 11.1 Å². The van der Waals surface area contributed by atoms with Gasteiger partial charge in [0.05, 0.1) is 0 Å². The van der Waals surface area contributed by atoms with Crippen LogP contribution in [0.3, 0.4) is 0 Å². The zero-order valence-corrected chi connectivity index (χ0v) is 10.4. The molecule has 0 saturated heterocycles. The van der Waals surface area contributed by atoms with Crippen molar-refractivity contribution in [2.45, 2.75) is 0 Å². The molecule has 0 amide bonds. The van der Waals surface area contributed by atoms with Gasteiger partial charge in [-0.25, -0.2) is 0 Å². The Morgan fingerprint density at radius 2 is 1.44 bits per heavy atom. The molecule has 0 fully saturated rings. The van der Waals surface area contributed by atoms with E-state index >= 15 is 0 Å². The summed E-state index contributed by atoms with van der Waals surface area (Å²) in [5.41, 5.74) is 2.55. The van der Waals surface area contributed by atoms with Gasteiger partial charge in [-0.05, 0) is 29.3 Å². The minimum atomic E-state index is 1.28. The minimum Gasteiger partial charge on any atom is -0.357 e. The van der Waals surface area contributed by atoms with E-state index < -0.39 is 0 Å². The summed E-state index contributed by atoms with van der Waals surface area (Å²) in [7, 11) is 2.03. The largest absolute Gasteiger partial charge is 0.357 e. The van der Waals surface area contributed by atoms with Gasteiger partial charge >= 0.3 is 0 Å². The summed E-state index contributed by atoms with van der Waals surface area (Å²) < 4.78 is 2.06. The molecule has 0 spiro atoms. The van der Waals surface area contributed by atoms with Crippen LogP contribution in [0.5, 0.6) is 0 Å². The van der Waals surface area contributed by atoms with Crippen molar-refractivity contribution in [2.24, 2.45) is 7.05 Å². The van der Waals surface area contributed by atoms with Gasteiger partial charge in [-0.3, -0.25) is 4.98 Å². The van der Waals surface area contributed by atoms with E-state index in [1.165, 1.54) is 11.1 Å². The van der Waals surface area contributed by atoms with E-state index in [9.17, 15) is 0 Å². The summed E-state index contributed by atoms with van der Waals surface area (Å²) in [4.78, 5) is 3.78. The van der Waals surface area contributed by atoms with Crippen LogP contribution in [0.1, 0.15) is 0 Å². The topological polar surface area (TPSA) is 17.8 Å². The summed E-state index contributed by atoms with van der Waals surface area (Å²) >= 11 is 0. The molecule has 0 bridgehead atoms. The smallest absolute Gasteiger partial charge is 0.0267 e. The molecule has 18 heavy (non-hydrogen) atoms. The molecule has 2 heteroatoms. The molecular weight excluding hydrogens is 220 g/mol. The van der Waals surface area contributed by atoms with Gasteiger partial charge in [-0.2, -0.15) is 0 Å². The molecule has 0 radical (unpaired) electrons. The predicted octanol–water partition coefficient (Wildman–Crippen LogP) is 3.77. The summed E-state index contributed by atoms with van der Waals surface area (Å²) in [6, 6.07) is 18.2. The maximum Gasteiger partial charge on any atom is 0.0267 e. The van der Waals surface area contributed by atoms with E-state index in [1.807, 2.05) is 31.3 Å². The predicted molar refractivity (Wildman–Crippen MR) is 75.1 cm³/mol. The zero-order chi connectivity index (χ0) is 12.6. The molecule has 2 aromatic heterocycles. The molecular formula is C16H16N2. The maximum atomic E-state index is 3.78. The third kappa shape index (κ3) is 3.59. The van der Waals surface area contributed by atoms with Crippen LogP contribution >= 0.6 is 0 Å². The molecule has 0 aliphatic heterocycles. The minimum absolute atomic E-state index is 1.28. The number of aryl methyl sites for hydroxylation is 1. The molecule has 0 atom stereocenters. The monoisotopic (exact) mass is 236 g/mol. The van der Waals surface area contributed by atoms with Crippen molar-refractivity contribution < 1.29 is 0 Å². The van der Waals surface area contributed by atoms with Crippen LogP contribution in [-0.2, 0) is 7.05 Å². The first-order valence-electron chi connectivity index (χ1n) is 5.88. The van der Waals surface area contributed by atoms with Crippen LogP contribution in [0, 0.1) is 0 Å². The Hall–Kier alpha value is -2.35. The lowest BCUT2D eigenvalue weighted by Gasteiger charge is -1.94. The van der Waals surface area contributed by atoms with Crippen LogP contribution in [-0.4, -0.2) is 9.55 Å². The second kappa shape index (κ2) is 6.40. The summed E-state index contributed by atoms with van der Waals surface area (Å²) in [5.74, 6) is 0. The second-order valence-electron chi connectivity index (χ2n) is 3.96. The summed E-state index contributed by atoms with van der Waals surface area (Å²) in [6.07, 6.45) is 7.68. The molecule has 3 aromatic rings. The molecule has 1 aromatic carbocycles. The Balaban J connectivity index is 0.000000169. The van der Waals surface area contributed by atoms with Crippen LogP contribution in [0.4, 0.5) is 0 Å². The van der Waals surface area contributed by atoms with Crippen molar-refractivity contribution in [3.8, 4) is 11.1 Å². The van der Waals surface area contributed by atoms with Crippen molar-refractivity contribution in [3.05, 3.63) is 79.4 Å². The number of hydrogen-bond donors (Lipinski definition) is 0. The van der Waals surface area contributed by atoms with E-state index in [2.05, 4.69) is 52.3 Å². The van der Waals surface area contributed by atoms with E-state index in [0.717, 1.165) is 0 Å². The molecule has 0 aliphatic carbocycles. The fourth-order valence-electron chi connectivity index (χ4n) is 1.62. The quantitative estimate of drug-likeness (QED) is 0.629. The molecule has 0 saturated carbocycles. The Morgan fingerprint density at radius 3 is 1.89 bits per heavy atom. The molecule has 2 nitrogen and oxygen atoms in total. The number of aromatic nitrogens is 2. The number of pyridine rings is 1. The Morgan fingerprint density at radius 1 is 0.778 bits per heavy atom. The highest BCUT2D eigenvalue weighted by atomic mass is 14.9. The maximum absolute atomic E-state index is 3.78. The van der Waals surface area contributed by atoms with Gasteiger partial charge in [-0.1, -0.05) is 36.4 Å². The highest BCUT2D eigenvalue weighted by molar-refractivity contribution is 5.62. The van der Waals surface area contributed by atoms with Crippen molar-refractivity contribution in [3.63, 3.8) is 0 Å². The molecule has 0 unspecified atom stereocenters. The normalized spacial score (nSPS) is 9.39. The van der Waals surface area contributed by atoms with Crippen LogP contribution in [0.15, 0.2) is 79.4 Å². The van der Waals surface area contributed by atoms with Crippen molar-refractivity contribution in [2.75, 3.05) is 0 Å². The first-order valence-corrected chi connectivity index (χ1v) is 5.88. The first-order chi connectivity index (χ1) is 8.86. The standard InChI is InChI=1S/C11H11N.C5H5N/c1-12-8-7-11(9-12)10-5-3-2-4-6-10;1-2-4-6-5-3-1/h2-9H,1H3;1-5H. The fraction of sp³-hybridized carbons (Fsp3) is 0.0625.